The fourth-order valence-corrected chi connectivity index (χ4v) is 2.93. The van der Waals surface area contributed by atoms with Gasteiger partial charge in [0.2, 0.25) is 0 Å². The van der Waals surface area contributed by atoms with Gasteiger partial charge < -0.3 is 5.43 Å². The number of hydrogen-bond donors (Lipinski definition) is 2. The maximum Gasteiger partial charge on any atom is 0.115 e. The zero-order chi connectivity index (χ0) is 13.8. The SMILES string of the molecule is NNC(Cc1ccc2ccccc2c1)=NC1CCCC1. The van der Waals surface area contributed by atoms with Gasteiger partial charge in [0.05, 0.1) is 6.04 Å². The number of rotatable bonds is 3. The van der Waals surface area contributed by atoms with Gasteiger partial charge in [-0.3, -0.25) is 4.99 Å². The summed E-state index contributed by atoms with van der Waals surface area (Å²) in [5, 5.41) is 2.54. The molecule has 20 heavy (non-hydrogen) atoms. The summed E-state index contributed by atoms with van der Waals surface area (Å²) in [5.74, 6) is 6.53. The number of hydrazine groups is 1. The third-order valence-corrected chi connectivity index (χ3v) is 4.02. The minimum Gasteiger partial charge on any atom is -0.312 e. The lowest BCUT2D eigenvalue weighted by atomic mass is 10.0. The number of nitrogens with one attached hydrogen (secondary N) is 1. The molecular weight excluding hydrogens is 246 g/mol. The topological polar surface area (TPSA) is 50.4 Å². The highest BCUT2D eigenvalue weighted by molar-refractivity contribution is 5.87. The Kier molecular flexibility index (Phi) is 3.97. The van der Waals surface area contributed by atoms with Crippen molar-refractivity contribution in [3.63, 3.8) is 0 Å². The lowest BCUT2D eigenvalue weighted by Gasteiger charge is -2.10. The van der Waals surface area contributed by atoms with Gasteiger partial charge in [-0.2, -0.15) is 0 Å². The van der Waals surface area contributed by atoms with Crippen LogP contribution in [0.5, 0.6) is 0 Å². The second-order valence-corrected chi connectivity index (χ2v) is 5.52. The molecule has 0 aliphatic heterocycles. The molecule has 0 atom stereocenters. The molecule has 0 bridgehead atoms. The van der Waals surface area contributed by atoms with Crippen molar-refractivity contribution in [2.75, 3.05) is 0 Å². The number of hydrogen-bond acceptors (Lipinski definition) is 2. The molecule has 0 amide bonds. The molecule has 2 aromatic carbocycles. The van der Waals surface area contributed by atoms with E-state index in [2.05, 4.69) is 47.9 Å². The highest BCUT2D eigenvalue weighted by atomic mass is 15.3. The van der Waals surface area contributed by atoms with Crippen LogP contribution in [0.25, 0.3) is 10.8 Å². The van der Waals surface area contributed by atoms with Crippen molar-refractivity contribution in [1.29, 1.82) is 0 Å². The molecule has 1 aliphatic carbocycles. The van der Waals surface area contributed by atoms with Crippen LogP contribution in [0.15, 0.2) is 47.5 Å². The van der Waals surface area contributed by atoms with E-state index < -0.39 is 0 Å². The van der Waals surface area contributed by atoms with E-state index >= 15 is 0 Å². The number of benzene rings is 2. The number of nitrogens with two attached hydrogens (primary N) is 1. The molecule has 0 saturated heterocycles. The quantitative estimate of drug-likeness (QED) is 0.388. The summed E-state index contributed by atoms with van der Waals surface area (Å²) in [6.45, 7) is 0. The Balaban J connectivity index is 1.79. The summed E-state index contributed by atoms with van der Waals surface area (Å²) in [6, 6.07) is 15.4. The van der Waals surface area contributed by atoms with Crippen LogP contribution >= 0.6 is 0 Å². The molecule has 0 radical (unpaired) electrons. The van der Waals surface area contributed by atoms with Crippen molar-refractivity contribution >= 4 is 16.6 Å². The monoisotopic (exact) mass is 267 g/mol. The highest BCUT2D eigenvalue weighted by Gasteiger charge is 2.14. The molecule has 0 heterocycles. The first-order valence-corrected chi connectivity index (χ1v) is 7.36. The molecule has 0 aromatic heterocycles. The zero-order valence-corrected chi connectivity index (χ0v) is 11.7. The van der Waals surface area contributed by atoms with Gasteiger partial charge in [0.1, 0.15) is 5.84 Å². The predicted octanol–water partition coefficient (Wildman–Crippen LogP) is 3.19. The van der Waals surface area contributed by atoms with E-state index in [0.29, 0.717) is 6.04 Å². The van der Waals surface area contributed by atoms with E-state index in [1.807, 2.05) is 0 Å². The molecule has 2 aromatic rings. The van der Waals surface area contributed by atoms with Crippen LogP contribution in [0, 0.1) is 0 Å². The third kappa shape index (κ3) is 2.99. The molecular formula is C17H21N3. The summed E-state index contributed by atoms with van der Waals surface area (Å²) in [5.41, 5.74) is 4.02. The molecule has 3 heteroatoms. The van der Waals surface area contributed by atoms with E-state index in [9.17, 15) is 0 Å². The summed E-state index contributed by atoms with van der Waals surface area (Å²) in [7, 11) is 0. The van der Waals surface area contributed by atoms with E-state index in [-0.39, 0.29) is 0 Å². The molecule has 1 aliphatic rings. The average molecular weight is 267 g/mol. The van der Waals surface area contributed by atoms with E-state index in [4.69, 9.17) is 10.8 Å². The van der Waals surface area contributed by atoms with Gasteiger partial charge in [-0.25, -0.2) is 5.84 Å². The molecule has 1 fully saturated rings. The molecule has 1 saturated carbocycles. The minimum atomic E-state index is 0.460. The Morgan fingerprint density at radius 2 is 1.85 bits per heavy atom. The van der Waals surface area contributed by atoms with Gasteiger partial charge in [0, 0.05) is 6.42 Å². The zero-order valence-electron chi connectivity index (χ0n) is 11.7. The smallest absolute Gasteiger partial charge is 0.115 e. The van der Waals surface area contributed by atoms with Crippen molar-refractivity contribution in [3.8, 4) is 0 Å². The average Bonchev–Trinajstić information content (AvgIpc) is 2.99. The van der Waals surface area contributed by atoms with E-state index in [1.54, 1.807) is 0 Å². The molecule has 104 valence electrons. The lowest BCUT2D eigenvalue weighted by molar-refractivity contribution is 0.697. The first kappa shape index (κ1) is 13.1. The normalized spacial score (nSPS) is 16.8. The van der Waals surface area contributed by atoms with Crippen LogP contribution in [0.1, 0.15) is 31.2 Å². The van der Waals surface area contributed by atoms with Crippen LogP contribution < -0.4 is 11.3 Å². The Labute approximate surface area is 119 Å². The highest BCUT2D eigenvalue weighted by Crippen LogP contribution is 2.21. The Morgan fingerprint density at radius 1 is 1.10 bits per heavy atom. The first-order valence-electron chi connectivity index (χ1n) is 7.36. The molecule has 3 rings (SSSR count). The Hall–Kier alpha value is -1.87. The second kappa shape index (κ2) is 6.06. The van der Waals surface area contributed by atoms with Crippen molar-refractivity contribution in [3.05, 3.63) is 48.0 Å². The van der Waals surface area contributed by atoms with E-state index in [1.165, 1.54) is 42.0 Å². The van der Waals surface area contributed by atoms with Crippen LogP contribution in [0.3, 0.4) is 0 Å². The second-order valence-electron chi connectivity index (χ2n) is 5.52. The Morgan fingerprint density at radius 3 is 2.60 bits per heavy atom. The van der Waals surface area contributed by atoms with Gasteiger partial charge in [-0.1, -0.05) is 55.3 Å². The summed E-state index contributed by atoms with van der Waals surface area (Å²) in [6.07, 6.45) is 5.76. The Bertz CT molecular complexity index is 612. The van der Waals surface area contributed by atoms with E-state index in [0.717, 1.165) is 12.3 Å². The summed E-state index contributed by atoms with van der Waals surface area (Å²) in [4.78, 5) is 4.75. The minimum absolute atomic E-state index is 0.460. The predicted molar refractivity (Wildman–Crippen MR) is 84.7 cm³/mol. The summed E-state index contributed by atoms with van der Waals surface area (Å²) >= 11 is 0. The number of amidine groups is 1. The van der Waals surface area contributed by atoms with Crippen molar-refractivity contribution in [2.24, 2.45) is 10.8 Å². The number of nitrogens with zero attached hydrogens (tertiary/aromatic N) is 1. The molecule has 0 unspecified atom stereocenters. The fraction of sp³-hybridized carbons (Fsp3) is 0.353. The summed E-state index contributed by atoms with van der Waals surface area (Å²) < 4.78 is 0. The molecule has 0 spiro atoms. The van der Waals surface area contributed by atoms with Gasteiger partial charge in [0.25, 0.3) is 0 Å². The van der Waals surface area contributed by atoms with Crippen LogP contribution in [-0.4, -0.2) is 11.9 Å². The number of fused-ring (bicyclic) bond motifs is 1. The fourth-order valence-electron chi connectivity index (χ4n) is 2.93. The number of aliphatic imine (C=N–C) groups is 1. The van der Waals surface area contributed by atoms with Crippen molar-refractivity contribution in [1.82, 2.24) is 5.43 Å². The van der Waals surface area contributed by atoms with Crippen molar-refractivity contribution < 1.29 is 0 Å². The largest absolute Gasteiger partial charge is 0.312 e. The van der Waals surface area contributed by atoms with Gasteiger partial charge in [-0.05, 0) is 29.2 Å². The molecule has 3 N–H and O–H groups in total. The maximum atomic E-state index is 5.63. The van der Waals surface area contributed by atoms with Gasteiger partial charge >= 0.3 is 0 Å². The van der Waals surface area contributed by atoms with Crippen LogP contribution in [0.4, 0.5) is 0 Å². The lowest BCUT2D eigenvalue weighted by Crippen LogP contribution is -2.33. The van der Waals surface area contributed by atoms with Crippen molar-refractivity contribution in [2.45, 2.75) is 38.1 Å². The maximum absolute atomic E-state index is 5.63. The van der Waals surface area contributed by atoms with Gasteiger partial charge in [-0.15, -0.1) is 0 Å². The van der Waals surface area contributed by atoms with Crippen LogP contribution in [0.2, 0.25) is 0 Å². The van der Waals surface area contributed by atoms with Crippen LogP contribution in [-0.2, 0) is 6.42 Å². The standard InChI is InChI=1S/C17H21N3/c18-20-17(19-16-7-3-4-8-16)12-13-9-10-14-5-1-2-6-15(14)11-13/h1-2,5-6,9-11,16H,3-4,7-8,12,18H2,(H,19,20). The molecule has 3 nitrogen and oxygen atoms in total. The third-order valence-electron chi connectivity index (χ3n) is 4.02. The first-order chi connectivity index (χ1) is 9.85. The van der Waals surface area contributed by atoms with Gasteiger partial charge in [0.15, 0.2) is 0 Å².